The number of carboxylic acids is 1. The van der Waals surface area contributed by atoms with Crippen molar-refractivity contribution in [1.29, 1.82) is 0 Å². The lowest BCUT2D eigenvalue weighted by atomic mass is 10.0. The van der Waals surface area contributed by atoms with E-state index in [2.05, 4.69) is 5.10 Å². The average molecular weight is 428 g/mol. The fourth-order valence-corrected chi connectivity index (χ4v) is 2.67. The Morgan fingerprint density at radius 3 is 2.24 bits per heavy atom. The third-order valence-electron chi connectivity index (χ3n) is 3.61. The number of alkyl halides is 3. The molecule has 2 aromatic carbocycles. The summed E-state index contributed by atoms with van der Waals surface area (Å²) >= 11 is 0. The lowest BCUT2D eigenvalue weighted by Gasteiger charge is -2.03. The van der Waals surface area contributed by atoms with Crippen molar-refractivity contribution >= 4 is 27.0 Å². The van der Waals surface area contributed by atoms with Gasteiger partial charge in [-0.05, 0) is 17.2 Å². The Balaban J connectivity index is 0.000000370. The summed E-state index contributed by atoms with van der Waals surface area (Å²) in [5.41, 5.74) is 2.92. The normalized spacial score (nSPS) is 11.6. The van der Waals surface area contributed by atoms with E-state index in [1.807, 2.05) is 54.6 Å². The summed E-state index contributed by atoms with van der Waals surface area (Å²) in [6.07, 6.45) is -3.49. The van der Waals surface area contributed by atoms with E-state index in [0.29, 0.717) is 0 Å². The summed E-state index contributed by atoms with van der Waals surface area (Å²) in [5.74, 6) is -3.36. The van der Waals surface area contributed by atoms with Gasteiger partial charge in [-0.2, -0.15) is 21.6 Å². The van der Waals surface area contributed by atoms with Crippen molar-refractivity contribution in [3.63, 3.8) is 0 Å². The van der Waals surface area contributed by atoms with Crippen LogP contribution in [0.3, 0.4) is 0 Å². The summed E-state index contributed by atoms with van der Waals surface area (Å²) in [6, 6.07) is 17.8. The van der Waals surface area contributed by atoms with E-state index in [0.717, 1.165) is 22.0 Å². The second-order valence-electron chi connectivity index (χ2n) is 5.79. The van der Waals surface area contributed by atoms with Crippen LogP contribution in [-0.2, 0) is 21.5 Å². The van der Waals surface area contributed by atoms with E-state index in [1.54, 1.807) is 6.20 Å². The maximum atomic E-state index is 10.8. The standard InChI is InChI=1S/C16H14N2O3S.C2HF3O2/c19-22(20,21)11-10-18-9-8-14-6-7-15(12-16(14)17-18)13-4-2-1-3-5-13;3-2(4,5)1(6)7/h1-9,12H,10-11H2;(H,6,7). The van der Waals surface area contributed by atoms with Gasteiger partial charge in [-0.15, -0.1) is 0 Å². The molecule has 0 amide bonds. The van der Waals surface area contributed by atoms with E-state index >= 15 is 0 Å². The average Bonchev–Trinajstić information content (AvgIpc) is 2.65. The number of aromatic nitrogens is 2. The topological polar surface area (TPSA) is 111 Å². The van der Waals surface area contributed by atoms with Crippen LogP contribution in [0.2, 0.25) is 0 Å². The largest absolute Gasteiger partial charge is 0.542 e. The number of aliphatic carboxylic acids is 1. The molecule has 0 bridgehead atoms. The molecule has 0 spiro atoms. The highest BCUT2D eigenvalue weighted by atomic mass is 32.2. The van der Waals surface area contributed by atoms with Crippen LogP contribution < -0.4 is 9.79 Å². The Bertz CT molecular complexity index is 1100. The molecule has 0 atom stereocenters. The molecule has 0 aliphatic heterocycles. The molecule has 0 saturated carbocycles. The molecular formula is C18H15F3N2O5S. The number of nitrogens with zero attached hydrogens (tertiary/aromatic N) is 2. The molecule has 0 saturated heterocycles. The summed E-state index contributed by atoms with van der Waals surface area (Å²) in [5, 5.41) is 14.2. The van der Waals surface area contributed by atoms with Gasteiger partial charge < -0.3 is 9.90 Å². The van der Waals surface area contributed by atoms with Gasteiger partial charge in [0.25, 0.3) is 10.1 Å². The van der Waals surface area contributed by atoms with Crippen molar-refractivity contribution in [2.24, 2.45) is 0 Å². The molecular weight excluding hydrogens is 413 g/mol. The van der Waals surface area contributed by atoms with Crippen molar-refractivity contribution in [3.8, 4) is 11.1 Å². The Morgan fingerprint density at radius 2 is 1.69 bits per heavy atom. The Labute approximate surface area is 163 Å². The number of benzene rings is 2. The zero-order valence-corrected chi connectivity index (χ0v) is 15.5. The molecule has 0 aliphatic carbocycles. The molecule has 0 unspecified atom stereocenters. The van der Waals surface area contributed by atoms with E-state index < -0.39 is 22.3 Å². The highest BCUT2D eigenvalue weighted by Gasteiger charge is 2.28. The third kappa shape index (κ3) is 7.12. The number of hydrogen-bond donors (Lipinski definition) is 1. The highest BCUT2D eigenvalue weighted by Crippen LogP contribution is 2.22. The zero-order chi connectivity index (χ0) is 21.7. The minimum atomic E-state index is -5.19. The van der Waals surface area contributed by atoms with E-state index in [1.165, 1.54) is 4.68 Å². The molecule has 0 radical (unpaired) electrons. The van der Waals surface area contributed by atoms with Gasteiger partial charge in [0.1, 0.15) is 17.2 Å². The second-order valence-corrected chi connectivity index (χ2v) is 7.36. The molecule has 3 rings (SSSR count). The maximum absolute atomic E-state index is 10.8. The predicted molar refractivity (Wildman–Crippen MR) is 94.9 cm³/mol. The SMILES string of the molecule is O=C([O-])C(F)(F)F.O=S(=O)(O)CC[n+]1ccc2ccc(-c3ccccc3)cc2n1. The number of fused-ring (bicyclic) bond motifs is 1. The molecule has 7 nitrogen and oxygen atoms in total. The first-order valence-electron chi connectivity index (χ1n) is 8.05. The minimum absolute atomic E-state index is 0.115. The third-order valence-corrected chi connectivity index (χ3v) is 4.31. The van der Waals surface area contributed by atoms with Gasteiger partial charge in [-0.25, -0.2) is 0 Å². The number of aryl methyl sites for hydroxylation is 1. The Morgan fingerprint density at radius 1 is 1.07 bits per heavy atom. The summed E-state index contributed by atoms with van der Waals surface area (Å²) in [6.45, 7) is 0.115. The van der Waals surface area contributed by atoms with E-state index in [9.17, 15) is 21.6 Å². The van der Waals surface area contributed by atoms with Crippen LogP contribution in [0.5, 0.6) is 0 Å². The van der Waals surface area contributed by atoms with Crippen molar-refractivity contribution < 1.29 is 40.7 Å². The summed E-state index contributed by atoms with van der Waals surface area (Å²) < 4.78 is 63.5. The predicted octanol–water partition coefficient (Wildman–Crippen LogP) is 1.38. The van der Waals surface area contributed by atoms with Crippen molar-refractivity contribution in [1.82, 2.24) is 5.10 Å². The van der Waals surface area contributed by atoms with Crippen LogP contribution in [-0.4, -0.2) is 36.0 Å². The number of carbonyl (C=O) groups excluding carboxylic acids is 1. The molecule has 154 valence electrons. The smallest absolute Gasteiger partial charge is 0.430 e. The molecule has 29 heavy (non-hydrogen) atoms. The van der Waals surface area contributed by atoms with E-state index in [-0.39, 0.29) is 12.3 Å². The molecule has 0 aliphatic rings. The van der Waals surface area contributed by atoms with Gasteiger partial charge in [-0.3, -0.25) is 4.55 Å². The van der Waals surface area contributed by atoms with Gasteiger partial charge in [-0.1, -0.05) is 47.1 Å². The zero-order valence-electron chi connectivity index (χ0n) is 14.7. The van der Waals surface area contributed by atoms with Gasteiger partial charge in [0.15, 0.2) is 12.7 Å². The fraction of sp³-hybridized carbons (Fsp3) is 0.167. The van der Waals surface area contributed by atoms with Crippen molar-refractivity contribution in [3.05, 3.63) is 60.8 Å². The number of carboxylic acid groups (broad SMARTS) is 1. The van der Waals surface area contributed by atoms with Crippen LogP contribution >= 0.6 is 0 Å². The van der Waals surface area contributed by atoms with Gasteiger partial charge in [0.05, 0.1) is 0 Å². The Hall–Kier alpha value is -3.05. The minimum Gasteiger partial charge on any atom is -0.542 e. The molecule has 1 aromatic heterocycles. The second kappa shape index (κ2) is 8.97. The first kappa shape index (κ1) is 22.2. The number of hydrogen-bond acceptors (Lipinski definition) is 5. The van der Waals surface area contributed by atoms with Gasteiger partial charge >= 0.3 is 6.18 Å². The summed E-state index contributed by atoms with van der Waals surface area (Å²) in [7, 11) is -3.99. The Kier molecular flexibility index (Phi) is 6.88. The highest BCUT2D eigenvalue weighted by molar-refractivity contribution is 7.85. The fourth-order valence-electron chi connectivity index (χ4n) is 2.25. The van der Waals surface area contributed by atoms with Gasteiger partial charge in [0.2, 0.25) is 0 Å². The van der Waals surface area contributed by atoms with Crippen LogP contribution in [0, 0.1) is 0 Å². The lowest BCUT2D eigenvalue weighted by molar-refractivity contribution is -0.747. The molecule has 0 fully saturated rings. The number of carbonyl (C=O) groups is 1. The summed E-state index contributed by atoms with van der Waals surface area (Å²) in [4.78, 5) is 8.78. The van der Waals surface area contributed by atoms with E-state index in [4.69, 9.17) is 14.5 Å². The number of halogens is 3. The van der Waals surface area contributed by atoms with Gasteiger partial charge in [0, 0.05) is 16.6 Å². The first-order valence-corrected chi connectivity index (χ1v) is 9.66. The molecule has 1 N–H and O–H groups in total. The van der Waals surface area contributed by atoms with Crippen molar-refractivity contribution in [2.45, 2.75) is 12.7 Å². The quantitative estimate of drug-likeness (QED) is 0.496. The number of rotatable bonds is 4. The first-order chi connectivity index (χ1) is 13.5. The van der Waals surface area contributed by atoms with Crippen LogP contribution in [0.15, 0.2) is 60.8 Å². The molecule has 1 heterocycles. The van der Waals surface area contributed by atoms with Crippen molar-refractivity contribution in [2.75, 3.05) is 5.75 Å². The monoisotopic (exact) mass is 428 g/mol. The lowest BCUT2D eigenvalue weighted by Crippen LogP contribution is -2.40. The maximum Gasteiger partial charge on any atom is 0.430 e. The van der Waals surface area contributed by atoms with Crippen LogP contribution in [0.4, 0.5) is 13.2 Å². The molecule has 11 heteroatoms. The van der Waals surface area contributed by atoms with Crippen LogP contribution in [0.25, 0.3) is 22.0 Å². The molecule has 3 aromatic rings. The van der Waals surface area contributed by atoms with Crippen LogP contribution in [0.1, 0.15) is 0 Å².